The Labute approximate surface area is 112 Å². The van der Waals surface area contributed by atoms with Crippen molar-refractivity contribution in [3.05, 3.63) is 29.6 Å². The lowest BCUT2D eigenvalue weighted by atomic mass is 10.1. The number of para-hydroxylation sites is 1. The highest BCUT2D eigenvalue weighted by molar-refractivity contribution is 5.99. The molecule has 102 valence electrons. The summed E-state index contributed by atoms with van der Waals surface area (Å²) >= 11 is 0. The first kappa shape index (κ1) is 12.4. The number of benzene rings is 1. The van der Waals surface area contributed by atoms with E-state index in [0.29, 0.717) is 12.6 Å². The number of hydrogen-bond acceptors (Lipinski definition) is 3. The normalized spacial score (nSPS) is 23.4. The van der Waals surface area contributed by atoms with Crippen molar-refractivity contribution in [2.75, 3.05) is 31.9 Å². The van der Waals surface area contributed by atoms with Crippen LogP contribution < -0.4 is 5.73 Å². The molecule has 3 rings (SSSR count). The molecule has 2 saturated heterocycles. The van der Waals surface area contributed by atoms with Gasteiger partial charge >= 0.3 is 0 Å². The quantitative estimate of drug-likeness (QED) is 0.778. The van der Waals surface area contributed by atoms with Crippen molar-refractivity contribution in [1.82, 2.24) is 9.80 Å². The van der Waals surface area contributed by atoms with E-state index >= 15 is 0 Å². The third-order valence-electron chi connectivity index (χ3n) is 4.16. The van der Waals surface area contributed by atoms with E-state index in [1.807, 2.05) is 0 Å². The Bertz CT molecular complexity index is 505. The largest absolute Gasteiger partial charge is 0.396 e. The van der Waals surface area contributed by atoms with Gasteiger partial charge in [0.05, 0.1) is 11.3 Å². The maximum atomic E-state index is 13.4. The van der Waals surface area contributed by atoms with Gasteiger partial charge in [0, 0.05) is 25.7 Å². The third kappa shape index (κ3) is 2.18. The second-order valence-corrected chi connectivity index (χ2v) is 5.28. The van der Waals surface area contributed by atoms with Crippen LogP contribution in [0.4, 0.5) is 10.1 Å². The SMILES string of the molecule is Nc1c(F)cccc1C(=O)N1CCN2CCCC2C1. The van der Waals surface area contributed by atoms with E-state index in [4.69, 9.17) is 5.73 Å². The van der Waals surface area contributed by atoms with Gasteiger partial charge in [-0.05, 0) is 31.5 Å². The number of amides is 1. The summed E-state index contributed by atoms with van der Waals surface area (Å²) in [6, 6.07) is 4.88. The van der Waals surface area contributed by atoms with Gasteiger partial charge in [-0.1, -0.05) is 6.07 Å². The summed E-state index contributed by atoms with van der Waals surface area (Å²) in [6.07, 6.45) is 2.34. The molecule has 1 atom stereocenters. The van der Waals surface area contributed by atoms with Crippen molar-refractivity contribution < 1.29 is 9.18 Å². The number of carbonyl (C=O) groups is 1. The molecule has 0 saturated carbocycles. The Morgan fingerprint density at radius 3 is 3.00 bits per heavy atom. The average molecular weight is 263 g/mol. The zero-order valence-corrected chi connectivity index (χ0v) is 10.8. The third-order valence-corrected chi connectivity index (χ3v) is 4.16. The van der Waals surface area contributed by atoms with E-state index < -0.39 is 5.82 Å². The molecule has 4 nitrogen and oxygen atoms in total. The second kappa shape index (κ2) is 4.81. The average Bonchev–Trinajstić information content (AvgIpc) is 2.88. The summed E-state index contributed by atoms with van der Waals surface area (Å²) in [5.41, 5.74) is 5.91. The number of halogens is 1. The van der Waals surface area contributed by atoms with E-state index in [9.17, 15) is 9.18 Å². The lowest BCUT2D eigenvalue weighted by Gasteiger charge is -2.37. The van der Waals surface area contributed by atoms with Gasteiger partial charge in [0.2, 0.25) is 0 Å². The standard InChI is InChI=1S/C14H18FN3O/c15-12-5-1-4-11(13(12)16)14(19)18-8-7-17-6-2-3-10(17)9-18/h1,4-5,10H,2-3,6-9,16H2. The van der Waals surface area contributed by atoms with E-state index in [2.05, 4.69) is 4.90 Å². The van der Waals surface area contributed by atoms with Crippen LogP contribution in [0.2, 0.25) is 0 Å². The summed E-state index contributed by atoms with van der Waals surface area (Å²) in [5, 5.41) is 0. The minimum Gasteiger partial charge on any atom is -0.396 e. The second-order valence-electron chi connectivity index (χ2n) is 5.28. The van der Waals surface area contributed by atoms with E-state index in [1.54, 1.807) is 11.0 Å². The first-order valence-corrected chi connectivity index (χ1v) is 6.74. The van der Waals surface area contributed by atoms with E-state index in [0.717, 1.165) is 26.1 Å². The summed E-state index contributed by atoms with van der Waals surface area (Å²) < 4.78 is 13.4. The molecule has 1 aromatic carbocycles. The molecule has 0 radical (unpaired) electrons. The molecule has 0 aliphatic carbocycles. The van der Waals surface area contributed by atoms with Gasteiger partial charge in [-0.15, -0.1) is 0 Å². The van der Waals surface area contributed by atoms with Gasteiger partial charge in [-0.3, -0.25) is 9.69 Å². The molecule has 19 heavy (non-hydrogen) atoms. The first-order valence-electron chi connectivity index (χ1n) is 6.74. The molecule has 0 aromatic heterocycles. The molecule has 0 spiro atoms. The number of piperazine rings is 1. The molecule has 2 fully saturated rings. The molecule has 1 aromatic rings. The predicted molar refractivity (Wildman–Crippen MR) is 71.3 cm³/mol. The van der Waals surface area contributed by atoms with Crippen molar-refractivity contribution in [3.8, 4) is 0 Å². The fourth-order valence-corrected chi connectivity index (χ4v) is 3.07. The number of nitrogen functional groups attached to an aromatic ring is 1. The zero-order valence-electron chi connectivity index (χ0n) is 10.8. The minimum absolute atomic E-state index is 0.0404. The molecule has 1 unspecified atom stereocenters. The lowest BCUT2D eigenvalue weighted by molar-refractivity contribution is 0.0572. The van der Waals surface area contributed by atoms with Gasteiger partial charge in [0.25, 0.3) is 5.91 Å². The highest BCUT2D eigenvalue weighted by Gasteiger charge is 2.33. The van der Waals surface area contributed by atoms with Crippen molar-refractivity contribution >= 4 is 11.6 Å². The molecule has 2 heterocycles. The van der Waals surface area contributed by atoms with Gasteiger partial charge in [-0.25, -0.2) is 4.39 Å². The summed E-state index contributed by atoms with van der Waals surface area (Å²) in [4.78, 5) is 16.7. The van der Waals surface area contributed by atoms with Crippen LogP contribution in [0.3, 0.4) is 0 Å². The number of nitrogens with zero attached hydrogens (tertiary/aromatic N) is 2. The van der Waals surface area contributed by atoms with Crippen LogP contribution in [0.5, 0.6) is 0 Å². The topological polar surface area (TPSA) is 49.6 Å². The first-order chi connectivity index (χ1) is 9.16. The van der Waals surface area contributed by atoms with Crippen LogP contribution in [0.15, 0.2) is 18.2 Å². The smallest absolute Gasteiger partial charge is 0.256 e. The molecular formula is C14H18FN3O. The maximum Gasteiger partial charge on any atom is 0.256 e. The summed E-state index contributed by atoms with van der Waals surface area (Å²) in [7, 11) is 0. The number of carbonyl (C=O) groups excluding carboxylic acids is 1. The van der Waals surface area contributed by atoms with Crippen molar-refractivity contribution in [1.29, 1.82) is 0 Å². The number of hydrogen-bond donors (Lipinski definition) is 1. The number of fused-ring (bicyclic) bond motifs is 1. The summed E-state index contributed by atoms with van der Waals surface area (Å²) in [5.74, 6) is -0.672. The van der Waals surface area contributed by atoms with E-state index in [-0.39, 0.29) is 17.2 Å². The predicted octanol–water partition coefficient (Wildman–Crippen LogP) is 1.33. The molecule has 5 heteroatoms. The highest BCUT2D eigenvalue weighted by atomic mass is 19.1. The van der Waals surface area contributed by atoms with Crippen molar-refractivity contribution in [2.24, 2.45) is 0 Å². The monoisotopic (exact) mass is 263 g/mol. The van der Waals surface area contributed by atoms with Crippen LogP contribution in [-0.2, 0) is 0 Å². The molecule has 2 N–H and O–H groups in total. The molecule has 0 bridgehead atoms. The van der Waals surface area contributed by atoms with Crippen molar-refractivity contribution in [3.63, 3.8) is 0 Å². The fraction of sp³-hybridized carbons (Fsp3) is 0.500. The van der Waals surface area contributed by atoms with Gasteiger partial charge in [0.15, 0.2) is 0 Å². The zero-order chi connectivity index (χ0) is 13.4. The summed E-state index contributed by atoms with van der Waals surface area (Å²) in [6.45, 7) is 3.47. The number of anilines is 1. The molecule has 2 aliphatic rings. The molecular weight excluding hydrogens is 245 g/mol. The van der Waals surface area contributed by atoms with Crippen LogP contribution >= 0.6 is 0 Å². The van der Waals surface area contributed by atoms with Crippen LogP contribution in [-0.4, -0.2) is 47.9 Å². The van der Waals surface area contributed by atoms with Crippen LogP contribution in [0.25, 0.3) is 0 Å². The number of nitrogens with two attached hydrogens (primary N) is 1. The van der Waals surface area contributed by atoms with Gasteiger partial charge in [0.1, 0.15) is 5.82 Å². The maximum absolute atomic E-state index is 13.4. The van der Waals surface area contributed by atoms with Gasteiger partial charge < -0.3 is 10.6 Å². The fourth-order valence-electron chi connectivity index (χ4n) is 3.07. The van der Waals surface area contributed by atoms with Crippen molar-refractivity contribution in [2.45, 2.75) is 18.9 Å². The number of rotatable bonds is 1. The van der Waals surface area contributed by atoms with Crippen LogP contribution in [0, 0.1) is 5.82 Å². The Morgan fingerprint density at radius 1 is 1.32 bits per heavy atom. The molecule has 1 amide bonds. The van der Waals surface area contributed by atoms with Crippen LogP contribution in [0.1, 0.15) is 23.2 Å². The Hall–Kier alpha value is -1.62. The Balaban J connectivity index is 1.79. The minimum atomic E-state index is -0.523. The van der Waals surface area contributed by atoms with Gasteiger partial charge in [-0.2, -0.15) is 0 Å². The lowest BCUT2D eigenvalue weighted by Crippen LogP contribution is -2.52. The molecule has 2 aliphatic heterocycles. The Kier molecular flexibility index (Phi) is 3.14. The Morgan fingerprint density at radius 2 is 2.16 bits per heavy atom. The highest BCUT2D eigenvalue weighted by Crippen LogP contribution is 2.24. The van der Waals surface area contributed by atoms with E-state index in [1.165, 1.54) is 18.6 Å².